The van der Waals surface area contributed by atoms with Gasteiger partial charge in [-0.2, -0.15) is 12.6 Å². The third kappa shape index (κ3) is 33.9. The molecule has 28 N–H and O–H groups in total. The number of para-hydroxylation sites is 1. The lowest BCUT2D eigenvalue weighted by Crippen LogP contribution is -2.62. The molecule has 0 spiro atoms. The number of aromatic hydroxyl groups is 3. The van der Waals surface area contributed by atoms with Crippen LogP contribution in [0.1, 0.15) is 101 Å². The molecule has 133 heavy (non-hydrogen) atoms. The van der Waals surface area contributed by atoms with Gasteiger partial charge in [0, 0.05) is 67.7 Å². The number of phenols is 3. The van der Waals surface area contributed by atoms with Gasteiger partial charge in [-0.3, -0.25) is 86.3 Å². The predicted molar refractivity (Wildman–Crippen MR) is 476 cm³/mol. The van der Waals surface area contributed by atoms with Gasteiger partial charge in [-0.15, -0.1) is 0 Å². The summed E-state index contributed by atoms with van der Waals surface area (Å²) >= 11 is 3.83. The number of hydrogen-bond acceptors (Lipinski definition) is 26. The molecule has 14 atom stereocenters. The molecule has 46 nitrogen and oxygen atoms in total. The number of aromatic amines is 2. The highest BCUT2D eigenvalue weighted by Gasteiger charge is 2.43. The number of amides is 18. The molecule has 1 fully saturated rings. The summed E-state index contributed by atoms with van der Waals surface area (Å²) in [5.41, 5.74) is 20.2. The number of nitrogens with one attached hydrogen (secondary N) is 17. The molecule has 718 valence electrons. The minimum atomic E-state index is -1.92. The summed E-state index contributed by atoms with van der Waals surface area (Å²) in [5.74, 6) is -21.1. The first-order chi connectivity index (χ1) is 63.1. The van der Waals surface area contributed by atoms with Gasteiger partial charge in [0.1, 0.15) is 83.7 Å². The number of aliphatic hydroxyl groups is 1. The minimum absolute atomic E-state index is 0.000911. The second-order valence-corrected chi connectivity index (χ2v) is 32.4. The molecule has 1 saturated heterocycles. The van der Waals surface area contributed by atoms with Gasteiger partial charge < -0.3 is 137 Å². The van der Waals surface area contributed by atoms with Crippen LogP contribution in [0.3, 0.4) is 0 Å². The summed E-state index contributed by atoms with van der Waals surface area (Å²) in [6, 6.07) is 5.23. The van der Waals surface area contributed by atoms with Gasteiger partial charge in [0.2, 0.25) is 106 Å². The predicted octanol–water partition coefficient (Wildman–Crippen LogP) is -6.49. The fraction of sp³-hybridized carbons (Fsp3) is 0.442. The summed E-state index contributed by atoms with van der Waals surface area (Å²) < 4.78 is 0. The summed E-state index contributed by atoms with van der Waals surface area (Å²) in [4.78, 5) is 270. The number of carbonyl (C=O) groups excluding carboxylic acids is 18. The molecule has 3 heterocycles. The average Bonchev–Trinajstić information content (AvgIpc) is 1.51. The van der Waals surface area contributed by atoms with Crippen LogP contribution in [0.25, 0.3) is 10.9 Å². The van der Waals surface area contributed by atoms with E-state index in [-0.39, 0.29) is 80.9 Å². The molecule has 0 bridgehead atoms. The van der Waals surface area contributed by atoms with Crippen molar-refractivity contribution >= 4 is 136 Å². The molecule has 6 aromatic rings. The number of carboxylic acid groups (broad SMARTS) is 1. The minimum Gasteiger partial charge on any atom is -0.508 e. The molecule has 4 aromatic carbocycles. The van der Waals surface area contributed by atoms with E-state index in [4.69, 9.17) is 22.3 Å². The summed E-state index contributed by atoms with van der Waals surface area (Å²) in [6.45, 7) is 3.55. The van der Waals surface area contributed by atoms with E-state index in [9.17, 15) is 107 Å². The highest BCUT2D eigenvalue weighted by Crippen LogP contribution is 2.24. The number of thiol groups is 1. The first-order valence-electron chi connectivity index (χ1n) is 42.5. The smallest absolute Gasteiger partial charge is 0.327 e. The number of fused-ring (bicyclic) bond motifs is 1. The molecule has 1 aliphatic rings. The van der Waals surface area contributed by atoms with E-state index in [1.165, 1.54) is 87.0 Å². The standard InChI is InChI=1S/C86H114N22O24S/c1-6-44(4)73(83(128)96-38-69(117)93-36-67(115)92-37-68(116)94-39-70(118)99-63(41-133)86(131)132)106-84(129)72(43(2)3)105-81(126)62(33-66(89)114)104-77(122)57(25-26-65(88)113)100-82(127)64-12-9-27-108(64)85(130)74(45(5)109)107-80(125)59(30-48-17-23-53(112)24-18-48)98-71(119)40-95-76(121)58(29-47-15-21-52(111)22-16-47)102-78(123)60(31-49-34-91-56-11-8-7-10-54(49)56)103-79(124)61(32-50-35-90-42-97-50)101-75(120)55(87)28-46-13-19-51(110)20-14-46/h7-8,10-11,13-24,34-35,42-45,55,57-64,72-74,91,109-112,133H,6,9,12,25-33,36-41,87H2,1-5H3,(H2,88,113)(H2,89,114)(H,90,97)(H,92,115)(H,93,117)(H,94,116)(H,95,121)(H,96,128)(H,98,119)(H,99,118)(H,100,127)(H,101,120)(H,102,123)(H,103,124)(H,104,122)(H,105,126)(H,106,129)(H,107,125)(H,131,132)/t44-,45+,55-,57-,58-,59-,60-,61-,62-,63-,64-,72-,73-,74-/m0/s1. The second-order valence-electron chi connectivity index (χ2n) is 32.1. The van der Waals surface area contributed by atoms with Crippen LogP contribution in [0.2, 0.25) is 0 Å². The monoisotopic (exact) mass is 1870 g/mol. The van der Waals surface area contributed by atoms with Crippen molar-refractivity contribution in [3.63, 3.8) is 0 Å². The second kappa shape index (κ2) is 51.6. The third-order valence-electron chi connectivity index (χ3n) is 21.4. The maximum Gasteiger partial charge on any atom is 0.327 e. The number of primary amides is 2. The number of phenolic OH excluding ortho intramolecular Hbond substituents is 3. The Balaban J connectivity index is 1.01. The fourth-order valence-corrected chi connectivity index (χ4v) is 14.1. The van der Waals surface area contributed by atoms with Crippen LogP contribution in [-0.4, -0.2) is 281 Å². The lowest BCUT2D eigenvalue weighted by Gasteiger charge is -2.32. The molecule has 0 aliphatic carbocycles. The van der Waals surface area contributed by atoms with Crippen molar-refractivity contribution < 1.29 is 117 Å². The molecule has 0 radical (unpaired) electrons. The number of aliphatic carboxylic acids is 1. The Hall–Kier alpha value is -14.8. The largest absolute Gasteiger partial charge is 0.508 e. The molecule has 1 aliphatic heterocycles. The molecule has 18 amide bonds. The lowest BCUT2D eigenvalue weighted by atomic mass is 9.96. The van der Waals surface area contributed by atoms with Crippen LogP contribution in [0.5, 0.6) is 17.2 Å². The zero-order valence-corrected chi connectivity index (χ0v) is 74.3. The Kier molecular flexibility index (Phi) is 40.8. The van der Waals surface area contributed by atoms with Gasteiger partial charge in [-0.25, -0.2) is 9.78 Å². The average molecular weight is 1870 g/mol. The Morgan fingerprint density at radius 2 is 0.940 bits per heavy atom. The van der Waals surface area contributed by atoms with Crippen LogP contribution in [0.15, 0.2) is 116 Å². The number of H-pyrrole nitrogens is 2. The molecular weight excluding hydrogens is 1760 g/mol. The van der Waals surface area contributed by atoms with Gasteiger partial charge >= 0.3 is 5.97 Å². The van der Waals surface area contributed by atoms with Gasteiger partial charge in [-0.05, 0) is 109 Å². The van der Waals surface area contributed by atoms with Crippen molar-refractivity contribution in [2.24, 2.45) is 29.0 Å². The van der Waals surface area contributed by atoms with E-state index < -0.39 is 255 Å². The van der Waals surface area contributed by atoms with E-state index in [1.54, 1.807) is 56.4 Å². The first-order valence-corrected chi connectivity index (χ1v) is 43.1. The highest BCUT2D eigenvalue weighted by molar-refractivity contribution is 7.80. The maximum absolute atomic E-state index is 15.1. The number of benzene rings is 4. The van der Waals surface area contributed by atoms with E-state index in [1.807, 2.05) is 0 Å². The number of aliphatic hydroxyl groups excluding tert-OH is 1. The van der Waals surface area contributed by atoms with Gasteiger partial charge in [0.25, 0.3) is 0 Å². The molecule has 2 aromatic heterocycles. The number of nitrogens with two attached hydrogens (primary N) is 3. The zero-order chi connectivity index (χ0) is 97.9. The number of carboxylic acids is 1. The quantitative estimate of drug-likeness (QED) is 0.0158. The Morgan fingerprint density at radius 1 is 0.481 bits per heavy atom. The number of imidazole rings is 1. The van der Waals surface area contributed by atoms with Crippen molar-refractivity contribution in [3.8, 4) is 17.2 Å². The first kappa shape index (κ1) is 105. The number of carbonyl (C=O) groups is 19. The van der Waals surface area contributed by atoms with Crippen molar-refractivity contribution in [1.29, 1.82) is 0 Å². The van der Waals surface area contributed by atoms with Crippen LogP contribution in [0.4, 0.5) is 0 Å². The summed E-state index contributed by atoms with van der Waals surface area (Å²) in [5, 5.41) is 87.8. The topological polar surface area (TPSA) is 732 Å². The fourth-order valence-electron chi connectivity index (χ4n) is 13.8. The number of likely N-dealkylation sites (tertiary alicyclic amines) is 1. The molecule has 7 rings (SSSR count). The number of aromatic nitrogens is 3. The van der Waals surface area contributed by atoms with Gasteiger partial charge in [0.05, 0.1) is 63.3 Å². The van der Waals surface area contributed by atoms with Gasteiger partial charge in [-0.1, -0.05) is 88.7 Å². The van der Waals surface area contributed by atoms with E-state index >= 15 is 4.79 Å². The maximum atomic E-state index is 15.1. The highest BCUT2D eigenvalue weighted by atomic mass is 32.1. The molecule has 47 heteroatoms. The van der Waals surface area contributed by atoms with Crippen molar-refractivity contribution in [1.82, 2.24) is 99.6 Å². The number of rotatable bonds is 52. The van der Waals surface area contributed by atoms with Crippen molar-refractivity contribution in [2.45, 2.75) is 184 Å². The van der Waals surface area contributed by atoms with Crippen LogP contribution >= 0.6 is 12.6 Å². The van der Waals surface area contributed by atoms with Crippen molar-refractivity contribution in [2.75, 3.05) is 45.0 Å². The molecule has 0 saturated carbocycles. The van der Waals surface area contributed by atoms with Crippen LogP contribution in [0, 0.1) is 11.8 Å². The summed E-state index contributed by atoms with van der Waals surface area (Å²) in [6.07, 6.45) is -0.221. The van der Waals surface area contributed by atoms with Gasteiger partial charge in [0.15, 0.2) is 0 Å². The number of nitrogens with zero attached hydrogens (tertiary/aromatic N) is 2. The third-order valence-corrected chi connectivity index (χ3v) is 21.7. The van der Waals surface area contributed by atoms with E-state index in [0.717, 1.165) is 11.8 Å². The Morgan fingerprint density at radius 3 is 1.46 bits per heavy atom. The Bertz CT molecular complexity index is 5120. The normalized spacial score (nSPS) is 15.2. The molecule has 0 unspecified atom stereocenters. The zero-order valence-electron chi connectivity index (χ0n) is 73.4. The SMILES string of the molecule is CC[C@H](C)[C@H](NC(=O)[C@@H](NC(=O)[C@H](CC(N)=O)NC(=O)[C@H](CCC(N)=O)NC(=O)[C@@H]1CCCN1C(=O)[C@@H](NC(=O)[C@H](Cc1ccc(O)cc1)NC(=O)CNC(=O)[C@H](Cc1ccc(O)cc1)NC(=O)[C@H](Cc1c[nH]c2ccccc12)NC(=O)[C@H](Cc1c[nH]cn1)NC(=O)[C@@H](N)Cc1ccc(O)cc1)[C@@H](C)O)C(C)C)C(=O)NCC(=O)NCC(=O)NCC(=O)NCC(=O)N[C@@H](CS)C(=O)O. The van der Waals surface area contributed by atoms with Crippen LogP contribution in [-0.2, 0) is 123 Å². The Labute approximate surface area is 767 Å². The van der Waals surface area contributed by atoms with E-state index in [0.29, 0.717) is 38.9 Å². The lowest BCUT2D eigenvalue weighted by molar-refractivity contribution is -0.144. The van der Waals surface area contributed by atoms with E-state index in [2.05, 4.69) is 107 Å². The summed E-state index contributed by atoms with van der Waals surface area (Å²) in [7, 11) is 0. The van der Waals surface area contributed by atoms with Crippen LogP contribution < -0.4 is 97.0 Å². The number of hydrogen-bond donors (Lipinski definition) is 26. The molecular formula is C86H114N22O24S. The van der Waals surface area contributed by atoms with Crippen molar-refractivity contribution in [3.05, 3.63) is 144 Å².